The fraction of sp³-hybridized carbons (Fsp3) is 0.222. The predicted octanol–water partition coefficient (Wildman–Crippen LogP) is 1.94. The number of hydrogen-bond acceptors (Lipinski definition) is 4. The maximum atomic E-state index is 11.9. The third-order valence-electron chi connectivity index (χ3n) is 3.89. The van der Waals surface area contributed by atoms with Gasteiger partial charge in [-0.3, -0.25) is 14.5 Å². The van der Waals surface area contributed by atoms with E-state index in [9.17, 15) is 9.59 Å². The standard InChI is InChI=1S/C18H18BrN3O3/c19-14-5-1-12(2-6-14)9-22-10-17(24)21-18(22)13-3-7-15(8-4-13)25-11-16(20)23/h1-8,18H,9-11H2,(H2,20,23)(H,21,24)/t18-/m0/s1. The average molecular weight is 404 g/mol. The van der Waals surface area contributed by atoms with Gasteiger partial charge in [-0.2, -0.15) is 0 Å². The van der Waals surface area contributed by atoms with Gasteiger partial charge in [0.25, 0.3) is 5.91 Å². The second-order valence-corrected chi connectivity index (χ2v) is 6.74. The van der Waals surface area contributed by atoms with E-state index >= 15 is 0 Å². The summed E-state index contributed by atoms with van der Waals surface area (Å²) in [6, 6.07) is 15.3. The zero-order valence-electron chi connectivity index (χ0n) is 13.4. The zero-order chi connectivity index (χ0) is 17.8. The predicted molar refractivity (Wildman–Crippen MR) is 96.6 cm³/mol. The van der Waals surface area contributed by atoms with Crippen LogP contribution in [0.2, 0.25) is 0 Å². The first kappa shape index (κ1) is 17.4. The largest absolute Gasteiger partial charge is 0.484 e. The van der Waals surface area contributed by atoms with Crippen molar-refractivity contribution in [3.05, 3.63) is 64.1 Å². The van der Waals surface area contributed by atoms with Gasteiger partial charge in [0.05, 0.1) is 6.54 Å². The number of ether oxygens (including phenoxy) is 1. The first-order valence-electron chi connectivity index (χ1n) is 7.80. The normalized spacial score (nSPS) is 17.3. The molecule has 0 bridgehead atoms. The van der Waals surface area contributed by atoms with Crippen molar-refractivity contribution in [3.8, 4) is 5.75 Å². The lowest BCUT2D eigenvalue weighted by Crippen LogP contribution is -2.27. The Morgan fingerprint density at radius 2 is 1.88 bits per heavy atom. The molecule has 25 heavy (non-hydrogen) atoms. The molecule has 0 aromatic heterocycles. The van der Waals surface area contributed by atoms with Crippen LogP contribution in [0.15, 0.2) is 53.0 Å². The first-order valence-corrected chi connectivity index (χ1v) is 8.59. The molecule has 2 aromatic carbocycles. The average Bonchev–Trinajstić information content (AvgIpc) is 2.96. The van der Waals surface area contributed by atoms with Crippen LogP contribution in [0, 0.1) is 0 Å². The summed E-state index contributed by atoms with van der Waals surface area (Å²) in [5.41, 5.74) is 7.15. The molecule has 0 saturated carbocycles. The van der Waals surface area contributed by atoms with Crippen molar-refractivity contribution in [3.63, 3.8) is 0 Å². The highest BCUT2D eigenvalue weighted by Gasteiger charge is 2.30. The quantitative estimate of drug-likeness (QED) is 0.771. The van der Waals surface area contributed by atoms with Gasteiger partial charge in [0, 0.05) is 11.0 Å². The SMILES string of the molecule is NC(=O)COc1ccc([C@H]2NC(=O)CN2Cc2ccc(Br)cc2)cc1. The number of amides is 2. The number of nitrogens with one attached hydrogen (secondary N) is 1. The Bertz CT molecular complexity index is 762. The summed E-state index contributed by atoms with van der Waals surface area (Å²) in [5.74, 6) is 0.0373. The van der Waals surface area contributed by atoms with Crippen LogP contribution in [-0.2, 0) is 16.1 Å². The molecule has 1 fully saturated rings. The number of hydrogen-bond donors (Lipinski definition) is 2. The van der Waals surface area contributed by atoms with Crippen molar-refractivity contribution in [2.75, 3.05) is 13.2 Å². The molecule has 0 aliphatic carbocycles. The van der Waals surface area contributed by atoms with Gasteiger partial charge in [-0.15, -0.1) is 0 Å². The Labute approximate surface area is 154 Å². The van der Waals surface area contributed by atoms with Crippen LogP contribution in [0.1, 0.15) is 17.3 Å². The number of benzene rings is 2. The van der Waals surface area contributed by atoms with Crippen LogP contribution < -0.4 is 15.8 Å². The van der Waals surface area contributed by atoms with Crippen LogP contribution in [0.5, 0.6) is 5.75 Å². The van der Waals surface area contributed by atoms with Crippen molar-refractivity contribution in [2.24, 2.45) is 5.73 Å². The van der Waals surface area contributed by atoms with Gasteiger partial charge in [-0.25, -0.2) is 0 Å². The minimum atomic E-state index is -0.521. The molecule has 2 amide bonds. The van der Waals surface area contributed by atoms with Gasteiger partial charge in [-0.05, 0) is 35.4 Å². The van der Waals surface area contributed by atoms with Crippen LogP contribution >= 0.6 is 15.9 Å². The Hall–Kier alpha value is -2.38. The maximum Gasteiger partial charge on any atom is 0.255 e. The van der Waals surface area contributed by atoms with E-state index in [1.807, 2.05) is 36.4 Å². The van der Waals surface area contributed by atoms with Gasteiger partial charge in [0.1, 0.15) is 11.9 Å². The van der Waals surface area contributed by atoms with Crippen molar-refractivity contribution in [1.82, 2.24) is 10.2 Å². The summed E-state index contributed by atoms with van der Waals surface area (Å²) in [6.45, 7) is 0.854. The molecule has 130 valence electrons. The van der Waals surface area contributed by atoms with E-state index in [1.165, 1.54) is 0 Å². The second-order valence-electron chi connectivity index (χ2n) is 5.83. The van der Waals surface area contributed by atoms with Crippen LogP contribution in [0.4, 0.5) is 0 Å². The Kier molecular flexibility index (Phi) is 5.35. The highest BCUT2D eigenvalue weighted by Crippen LogP contribution is 2.26. The molecule has 1 heterocycles. The van der Waals surface area contributed by atoms with Crippen LogP contribution in [-0.4, -0.2) is 29.9 Å². The number of halogens is 1. The minimum absolute atomic E-state index is 0.00355. The molecule has 6 nitrogen and oxygen atoms in total. The molecule has 0 radical (unpaired) electrons. The second kappa shape index (κ2) is 7.67. The monoisotopic (exact) mass is 403 g/mol. The molecule has 1 aliphatic heterocycles. The Morgan fingerprint density at radius 1 is 1.20 bits per heavy atom. The maximum absolute atomic E-state index is 11.9. The highest BCUT2D eigenvalue weighted by molar-refractivity contribution is 9.10. The van der Waals surface area contributed by atoms with E-state index in [-0.39, 0.29) is 18.7 Å². The molecule has 0 spiro atoms. The number of primary amides is 1. The molecule has 7 heteroatoms. The number of nitrogens with zero attached hydrogens (tertiary/aromatic N) is 1. The third kappa shape index (κ3) is 4.58. The van der Waals surface area contributed by atoms with E-state index < -0.39 is 5.91 Å². The lowest BCUT2D eigenvalue weighted by atomic mass is 10.1. The summed E-state index contributed by atoms with van der Waals surface area (Å²) in [7, 11) is 0. The number of carbonyl (C=O) groups excluding carboxylic acids is 2. The van der Waals surface area contributed by atoms with Crippen LogP contribution in [0.3, 0.4) is 0 Å². The van der Waals surface area contributed by atoms with Gasteiger partial charge in [0.15, 0.2) is 6.61 Å². The fourth-order valence-corrected chi connectivity index (χ4v) is 3.00. The lowest BCUT2D eigenvalue weighted by Gasteiger charge is -2.23. The van der Waals surface area contributed by atoms with E-state index in [0.29, 0.717) is 18.8 Å². The van der Waals surface area contributed by atoms with E-state index in [0.717, 1.165) is 15.6 Å². The van der Waals surface area contributed by atoms with E-state index in [1.54, 1.807) is 12.1 Å². The van der Waals surface area contributed by atoms with Gasteiger partial charge >= 0.3 is 0 Å². The van der Waals surface area contributed by atoms with Crippen molar-refractivity contribution >= 4 is 27.7 Å². The van der Waals surface area contributed by atoms with Gasteiger partial charge in [-0.1, -0.05) is 40.2 Å². The summed E-state index contributed by atoms with van der Waals surface area (Å²) in [6.07, 6.45) is -0.193. The zero-order valence-corrected chi connectivity index (χ0v) is 15.0. The topological polar surface area (TPSA) is 84.7 Å². The first-order chi connectivity index (χ1) is 12.0. The minimum Gasteiger partial charge on any atom is -0.484 e. The third-order valence-corrected chi connectivity index (χ3v) is 4.41. The van der Waals surface area contributed by atoms with Crippen molar-refractivity contribution in [1.29, 1.82) is 0 Å². The van der Waals surface area contributed by atoms with E-state index in [2.05, 4.69) is 26.1 Å². The Morgan fingerprint density at radius 3 is 2.52 bits per heavy atom. The summed E-state index contributed by atoms with van der Waals surface area (Å²) < 4.78 is 6.28. The molecular weight excluding hydrogens is 386 g/mol. The molecule has 3 rings (SSSR count). The molecule has 1 saturated heterocycles. The molecule has 1 atom stereocenters. The molecule has 2 aromatic rings. The van der Waals surface area contributed by atoms with Gasteiger partial charge in [0.2, 0.25) is 5.91 Å². The number of carbonyl (C=O) groups is 2. The molecule has 0 unspecified atom stereocenters. The van der Waals surface area contributed by atoms with Crippen molar-refractivity contribution < 1.29 is 14.3 Å². The van der Waals surface area contributed by atoms with E-state index in [4.69, 9.17) is 10.5 Å². The van der Waals surface area contributed by atoms with Crippen molar-refractivity contribution in [2.45, 2.75) is 12.7 Å². The summed E-state index contributed by atoms with van der Waals surface area (Å²) in [5, 5.41) is 2.98. The highest BCUT2D eigenvalue weighted by atomic mass is 79.9. The molecule has 3 N–H and O–H groups in total. The summed E-state index contributed by atoms with van der Waals surface area (Å²) >= 11 is 3.42. The number of nitrogens with two attached hydrogens (primary N) is 1. The summed E-state index contributed by atoms with van der Waals surface area (Å²) in [4.78, 5) is 24.7. The lowest BCUT2D eigenvalue weighted by molar-refractivity contribution is -0.120. The van der Waals surface area contributed by atoms with Gasteiger partial charge < -0.3 is 15.8 Å². The molecule has 1 aliphatic rings. The fourth-order valence-electron chi connectivity index (χ4n) is 2.73. The number of rotatable bonds is 6. The molecular formula is C18H18BrN3O3. The Balaban J connectivity index is 1.71. The van der Waals surface area contributed by atoms with Crippen LogP contribution in [0.25, 0.3) is 0 Å². The smallest absolute Gasteiger partial charge is 0.255 e.